The number of carbonyl (C=O) groups excluding carboxylic acids is 1. The highest BCUT2D eigenvalue weighted by molar-refractivity contribution is 5.92. The van der Waals surface area contributed by atoms with E-state index in [1.165, 1.54) is 0 Å². The molecule has 0 heterocycles. The van der Waals surface area contributed by atoms with Crippen LogP contribution in [0.15, 0.2) is 42.5 Å². The van der Waals surface area contributed by atoms with Crippen LogP contribution in [0.2, 0.25) is 0 Å². The molecular weight excluding hydrogens is 316 g/mol. The molecular formula is C20H26N2O3. The molecule has 1 N–H and O–H groups in total. The zero-order valence-electron chi connectivity index (χ0n) is 15.3. The minimum atomic E-state index is -0.186. The fourth-order valence-electron chi connectivity index (χ4n) is 2.58. The average molecular weight is 342 g/mol. The Morgan fingerprint density at radius 2 is 1.68 bits per heavy atom. The number of carbonyl (C=O) groups is 1. The summed E-state index contributed by atoms with van der Waals surface area (Å²) < 4.78 is 10.6. The molecule has 0 aliphatic heterocycles. The average Bonchev–Trinajstić information content (AvgIpc) is 2.63. The summed E-state index contributed by atoms with van der Waals surface area (Å²) >= 11 is 0. The fraction of sp³-hybridized carbons (Fsp3) is 0.350. The molecule has 2 rings (SSSR count). The van der Waals surface area contributed by atoms with Gasteiger partial charge in [-0.2, -0.15) is 0 Å². The van der Waals surface area contributed by atoms with Crippen LogP contribution in [0.25, 0.3) is 0 Å². The molecule has 2 aromatic rings. The van der Waals surface area contributed by atoms with E-state index in [9.17, 15) is 4.79 Å². The minimum Gasteiger partial charge on any atom is -0.497 e. The third kappa shape index (κ3) is 5.14. The van der Waals surface area contributed by atoms with Gasteiger partial charge in [-0.3, -0.25) is 4.79 Å². The number of ether oxygens (including phenoxy) is 2. The van der Waals surface area contributed by atoms with Gasteiger partial charge in [0.2, 0.25) is 0 Å². The number of benzene rings is 2. The van der Waals surface area contributed by atoms with Gasteiger partial charge in [-0.25, -0.2) is 0 Å². The normalized spacial score (nSPS) is 10.2. The number of anilines is 2. The molecule has 0 saturated heterocycles. The summed E-state index contributed by atoms with van der Waals surface area (Å²) in [5.41, 5.74) is 3.00. The summed E-state index contributed by atoms with van der Waals surface area (Å²) in [4.78, 5) is 14.4. The van der Waals surface area contributed by atoms with E-state index in [-0.39, 0.29) is 12.5 Å². The van der Waals surface area contributed by atoms with Gasteiger partial charge in [-0.1, -0.05) is 0 Å². The van der Waals surface area contributed by atoms with Crippen LogP contribution in [-0.4, -0.2) is 32.7 Å². The van der Waals surface area contributed by atoms with Crippen LogP contribution < -0.4 is 19.7 Å². The first-order chi connectivity index (χ1) is 12.1. The van der Waals surface area contributed by atoms with E-state index in [0.717, 1.165) is 35.8 Å². The van der Waals surface area contributed by atoms with Gasteiger partial charge in [0.25, 0.3) is 5.91 Å². The Morgan fingerprint density at radius 1 is 1.04 bits per heavy atom. The number of methoxy groups -OCH3 is 1. The molecule has 0 fully saturated rings. The van der Waals surface area contributed by atoms with Crippen molar-refractivity contribution in [1.29, 1.82) is 0 Å². The van der Waals surface area contributed by atoms with E-state index in [1.54, 1.807) is 31.4 Å². The lowest BCUT2D eigenvalue weighted by atomic mass is 10.1. The van der Waals surface area contributed by atoms with Crippen LogP contribution >= 0.6 is 0 Å². The number of hydrogen-bond acceptors (Lipinski definition) is 4. The number of hydrogen-bond donors (Lipinski definition) is 1. The van der Waals surface area contributed by atoms with Crippen LogP contribution in [0, 0.1) is 6.92 Å². The second-order valence-corrected chi connectivity index (χ2v) is 5.68. The summed E-state index contributed by atoms with van der Waals surface area (Å²) in [5, 5.41) is 2.90. The van der Waals surface area contributed by atoms with E-state index in [4.69, 9.17) is 9.47 Å². The highest BCUT2D eigenvalue weighted by atomic mass is 16.5. The van der Waals surface area contributed by atoms with Crippen LogP contribution in [0.5, 0.6) is 11.5 Å². The molecule has 0 radical (unpaired) electrons. The van der Waals surface area contributed by atoms with Gasteiger partial charge < -0.3 is 19.7 Å². The Kier molecular flexibility index (Phi) is 6.69. The number of nitrogens with one attached hydrogen (secondary N) is 1. The van der Waals surface area contributed by atoms with Crippen LogP contribution in [0.1, 0.15) is 19.4 Å². The van der Waals surface area contributed by atoms with E-state index < -0.39 is 0 Å². The maximum absolute atomic E-state index is 12.1. The predicted octanol–water partition coefficient (Wildman–Crippen LogP) is 3.87. The van der Waals surface area contributed by atoms with Crippen molar-refractivity contribution >= 4 is 17.3 Å². The first-order valence-corrected chi connectivity index (χ1v) is 8.49. The van der Waals surface area contributed by atoms with Crippen molar-refractivity contribution < 1.29 is 14.3 Å². The van der Waals surface area contributed by atoms with Gasteiger partial charge >= 0.3 is 0 Å². The molecule has 5 heteroatoms. The van der Waals surface area contributed by atoms with Crippen molar-refractivity contribution in [2.45, 2.75) is 20.8 Å². The first-order valence-electron chi connectivity index (χ1n) is 8.49. The Balaban J connectivity index is 1.93. The largest absolute Gasteiger partial charge is 0.497 e. The molecule has 25 heavy (non-hydrogen) atoms. The van der Waals surface area contributed by atoms with Gasteiger partial charge in [-0.15, -0.1) is 0 Å². The van der Waals surface area contributed by atoms with Crippen molar-refractivity contribution in [3.05, 3.63) is 48.0 Å². The topological polar surface area (TPSA) is 50.8 Å². The van der Waals surface area contributed by atoms with Crippen molar-refractivity contribution in [3.63, 3.8) is 0 Å². The van der Waals surface area contributed by atoms with Crippen molar-refractivity contribution in [2.24, 2.45) is 0 Å². The molecule has 0 bridgehead atoms. The molecule has 0 aliphatic carbocycles. The predicted molar refractivity (Wildman–Crippen MR) is 102 cm³/mol. The van der Waals surface area contributed by atoms with E-state index >= 15 is 0 Å². The summed E-state index contributed by atoms with van der Waals surface area (Å²) in [5.74, 6) is 1.19. The van der Waals surface area contributed by atoms with Crippen molar-refractivity contribution in [2.75, 3.05) is 37.0 Å². The molecule has 0 unspecified atom stereocenters. The van der Waals surface area contributed by atoms with E-state index in [0.29, 0.717) is 5.75 Å². The van der Waals surface area contributed by atoms with Crippen LogP contribution in [0.4, 0.5) is 11.4 Å². The molecule has 134 valence electrons. The summed E-state index contributed by atoms with van der Waals surface area (Å²) in [7, 11) is 1.61. The van der Waals surface area contributed by atoms with E-state index in [2.05, 4.69) is 30.1 Å². The minimum absolute atomic E-state index is 0.0381. The Morgan fingerprint density at radius 3 is 2.24 bits per heavy atom. The second-order valence-electron chi connectivity index (χ2n) is 5.68. The summed E-state index contributed by atoms with van der Waals surface area (Å²) in [6, 6.07) is 13.2. The molecule has 1 amide bonds. The van der Waals surface area contributed by atoms with Gasteiger partial charge in [0.05, 0.1) is 7.11 Å². The molecule has 0 atom stereocenters. The lowest BCUT2D eigenvalue weighted by Gasteiger charge is -2.22. The van der Waals surface area contributed by atoms with Crippen LogP contribution in [0.3, 0.4) is 0 Å². The standard InChI is InChI=1S/C20H26N2O3/c1-5-22(6-2)16-7-12-19(15(3)13-16)21-20(23)14-25-18-10-8-17(24-4)9-11-18/h7-13H,5-6,14H2,1-4H3,(H,21,23). The molecule has 5 nitrogen and oxygen atoms in total. The van der Waals surface area contributed by atoms with Gasteiger partial charge in [-0.05, 0) is 68.8 Å². The molecule has 0 saturated carbocycles. The maximum atomic E-state index is 12.1. The molecule has 0 aliphatic rings. The number of rotatable bonds is 8. The zero-order valence-corrected chi connectivity index (χ0v) is 15.3. The highest BCUT2D eigenvalue weighted by Gasteiger charge is 2.08. The van der Waals surface area contributed by atoms with E-state index in [1.807, 2.05) is 19.1 Å². The Labute approximate surface area is 149 Å². The van der Waals surface area contributed by atoms with Crippen molar-refractivity contribution in [1.82, 2.24) is 0 Å². The number of aryl methyl sites for hydroxylation is 1. The lowest BCUT2D eigenvalue weighted by molar-refractivity contribution is -0.118. The highest BCUT2D eigenvalue weighted by Crippen LogP contribution is 2.23. The number of nitrogens with zero attached hydrogens (tertiary/aromatic N) is 1. The van der Waals surface area contributed by atoms with Crippen LogP contribution in [-0.2, 0) is 4.79 Å². The third-order valence-electron chi connectivity index (χ3n) is 4.04. The van der Waals surface area contributed by atoms with Crippen molar-refractivity contribution in [3.8, 4) is 11.5 Å². The number of amides is 1. The zero-order chi connectivity index (χ0) is 18.2. The fourth-order valence-corrected chi connectivity index (χ4v) is 2.58. The SMILES string of the molecule is CCN(CC)c1ccc(NC(=O)COc2ccc(OC)cc2)c(C)c1. The van der Waals surface area contributed by atoms with Gasteiger partial charge in [0, 0.05) is 24.5 Å². The maximum Gasteiger partial charge on any atom is 0.262 e. The monoisotopic (exact) mass is 342 g/mol. The summed E-state index contributed by atoms with van der Waals surface area (Å²) in [6.07, 6.45) is 0. The first kappa shape index (κ1) is 18.6. The second kappa shape index (κ2) is 8.97. The molecule has 2 aromatic carbocycles. The van der Waals surface area contributed by atoms with Gasteiger partial charge in [0.15, 0.2) is 6.61 Å². The lowest BCUT2D eigenvalue weighted by Crippen LogP contribution is -2.23. The van der Waals surface area contributed by atoms with Gasteiger partial charge in [0.1, 0.15) is 11.5 Å². The molecule has 0 spiro atoms. The molecule has 0 aromatic heterocycles. The Bertz CT molecular complexity index is 695. The quantitative estimate of drug-likeness (QED) is 0.791. The third-order valence-corrected chi connectivity index (χ3v) is 4.04. The Hall–Kier alpha value is -2.69. The summed E-state index contributed by atoms with van der Waals surface area (Å²) in [6.45, 7) is 8.13. The smallest absolute Gasteiger partial charge is 0.262 e.